The third-order valence-electron chi connectivity index (χ3n) is 4.47. The van der Waals surface area contributed by atoms with Gasteiger partial charge in [-0.3, -0.25) is 0 Å². The molecule has 0 aliphatic carbocycles. The average molecular weight is 230 g/mol. The normalized spacial score (nSPS) is 22.6. The molecule has 1 N–H and O–H groups in total. The van der Waals surface area contributed by atoms with E-state index in [0.717, 1.165) is 0 Å². The van der Waals surface area contributed by atoms with Crippen LogP contribution in [0.25, 0.3) is 0 Å². The Kier molecular flexibility index (Phi) is 2.62. The minimum absolute atomic E-state index is 0.580. The molecule has 0 bridgehead atoms. The van der Waals surface area contributed by atoms with Crippen LogP contribution in [-0.4, -0.2) is 26.2 Å². The van der Waals surface area contributed by atoms with E-state index in [0.29, 0.717) is 5.41 Å². The predicted octanol–water partition coefficient (Wildman–Crippen LogP) is 2.49. The molecule has 0 unspecified atom stereocenters. The molecule has 0 amide bonds. The Morgan fingerprint density at radius 1 is 1.18 bits per heavy atom. The van der Waals surface area contributed by atoms with E-state index >= 15 is 0 Å². The van der Waals surface area contributed by atoms with Crippen molar-refractivity contribution in [1.29, 1.82) is 0 Å². The van der Waals surface area contributed by atoms with Gasteiger partial charge >= 0.3 is 0 Å². The van der Waals surface area contributed by atoms with E-state index in [-0.39, 0.29) is 0 Å². The third kappa shape index (κ3) is 1.95. The summed E-state index contributed by atoms with van der Waals surface area (Å²) in [4.78, 5) is 2.53. The number of rotatable bonds is 1. The Morgan fingerprint density at radius 3 is 2.65 bits per heavy atom. The van der Waals surface area contributed by atoms with Gasteiger partial charge in [-0.2, -0.15) is 0 Å². The molecular weight excluding hydrogens is 208 g/mol. The number of anilines is 1. The van der Waals surface area contributed by atoms with Crippen molar-refractivity contribution in [2.45, 2.75) is 26.7 Å². The fraction of sp³-hybridized carbons (Fsp3) is 0.600. The first-order valence-corrected chi connectivity index (χ1v) is 6.72. The Morgan fingerprint density at radius 2 is 2.00 bits per heavy atom. The highest BCUT2D eigenvalue weighted by Gasteiger charge is 2.43. The van der Waals surface area contributed by atoms with Crippen molar-refractivity contribution in [3.05, 3.63) is 29.3 Å². The zero-order valence-corrected chi connectivity index (χ0v) is 10.9. The molecule has 2 heterocycles. The fourth-order valence-electron chi connectivity index (χ4n) is 3.17. The molecule has 0 saturated carbocycles. The van der Waals surface area contributed by atoms with Crippen molar-refractivity contribution in [1.82, 2.24) is 5.32 Å². The van der Waals surface area contributed by atoms with E-state index in [9.17, 15) is 0 Å². The van der Waals surface area contributed by atoms with Gasteiger partial charge in [0.15, 0.2) is 0 Å². The summed E-state index contributed by atoms with van der Waals surface area (Å²) in [5, 5.41) is 3.54. The van der Waals surface area contributed by atoms with Crippen molar-refractivity contribution in [2.24, 2.45) is 5.41 Å². The van der Waals surface area contributed by atoms with Crippen molar-refractivity contribution in [3.8, 4) is 0 Å². The Bertz CT molecular complexity index is 411. The maximum atomic E-state index is 3.54. The number of piperidine rings is 1. The SMILES string of the molecule is Cc1ccc(N2CC3(CCCNC3)C2)cc1C. The molecule has 2 aliphatic rings. The van der Waals surface area contributed by atoms with Crippen LogP contribution in [0.1, 0.15) is 24.0 Å². The molecule has 2 aliphatic heterocycles. The molecule has 0 radical (unpaired) electrons. The van der Waals surface area contributed by atoms with E-state index in [2.05, 4.69) is 42.3 Å². The Labute approximate surface area is 104 Å². The van der Waals surface area contributed by atoms with E-state index in [1.165, 1.54) is 55.8 Å². The van der Waals surface area contributed by atoms with Gasteiger partial charge in [0, 0.05) is 30.7 Å². The van der Waals surface area contributed by atoms with E-state index in [1.54, 1.807) is 0 Å². The minimum atomic E-state index is 0.580. The second kappa shape index (κ2) is 4.02. The Hall–Kier alpha value is -1.02. The molecule has 0 atom stereocenters. The van der Waals surface area contributed by atoms with Crippen LogP contribution in [0.4, 0.5) is 5.69 Å². The number of nitrogens with zero attached hydrogens (tertiary/aromatic N) is 1. The molecule has 2 saturated heterocycles. The Balaban J connectivity index is 1.70. The predicted molar refractivity (Wildman–Crippen MR) is 72.7 cm³/mol. The molecule has 2 fully saturated rings. The summed E-state index contributed by atoms with van der Waals surface area (Å²) in [6.07, 6.45) is 2.75. The first kappa shape index (κ1) is 11.1. The number of hydrogen-bond donors (Lipinski definition) is 1. The summed E-state index contributed by atoms with van der Waals surface area (Å²) >= 11 is 0. The molecule has 2 heteroatoms. The smallest absolute Gasteiger partial charge is 0.0369 e. The van der Waals surface area contributed by atoms with Gasteiger partial charge in [0.2, 0.25) is 0 Å². The van der Waals surface area contributed by atoms with Gasteiger partial charge in [-0.05, 0) is 56.5 Å². The van der Waals surface area contributed by atoms with Crippen LogP contribution in [0, 0.1) is 19.3 Å². The van der Waals surface area contributed by atoms with Crippen molar-refractivity contribution in [3.63, 3.8) is 0 Å². The van der Waals surface area contributed by atoms with Crippen LogP contribution in [0.15, 0.2) is 18.2 Å². The molecule has 1 aromatic carbocycles. The molecule has 1 aromatic rings. The lowest BCUT2D eigenvalue weighted by molar-refractivity contribution is 0.157. The van der Waals surface area contributed by atoms with Gasteiger partial charge in [0.05, 0.1) is 0 Å². The van der Waals surface area contributed by atoms with Crippen LogP contribution >= 0.6 is 0 Å². The van der Waals surface area contributed by atoms with Crippen LogP contribution in [0.3, 0.4) is 0 Å². The number of aryl methyl sites for hydroxylation is 2. The maximum absolute atomic E-state index is 3.54. The fourth-order valence-corrected chi connectivity index (χ4v) is 3.17. The molecular formula is C15H22N2. The molecule has 0 aromatic heterocycles. The number of benzene rings is 1. The summed E-state index contributed by atoms with van der Waals surface area (Å²) < 4.78 is 0. The lowest BCUT2D eigenvalue weighted by Crippen LogP contribution is -2.62. The lowest BCUT2D eigenvalue weighted by atomic mass is 9.73. The van der Waals surface area contributed by atoms with Crippen molar-refractivity contribution in [2.75, 3.05) is 31.1 Å². The van der Waals surface area contributed by atoms with Gasteiger partial charge in [-0.1, -0.05) is 6.07 Å². The van der Waals surface area contributed by atoms with E-state index in [1.807, 2.05) is 0 Å². The standard InChI is InChI=1S/C15H22N2/c1-12-4-5-14(8-13(12)2)17-10-15(11-17)6-3-7-16-9-15/h4-5,8,16H,3,6-7,9-11H2,1-2H3. The highest BCUT2D eigenvalue weighted by Crippen LogP contribution is 2.39. The largest absolute Gasteiger partial charge is 0.370 e. The molecule has 17 heavy (non-hydrogen) atoms. The van der Waals surface area contributed by atoms with Gasteiger partial charge in [-0.15, -0.1) is 0 Å². The average Bonchev–Trinajstić information content (AvgIpc) is 2.31. The summed E-state index contributed by atoms with van der Waals surface area (Å²) in [6.45, 7) is 9.29. The van der Waals surface area contributed by atoms with Crippen LogP contribution in [0.2, 0.25) is 0 Å². The summed E-state index contributed by atoms with van der Waals surface area (Å²) in [7, 11) is 0. The van der Waals surface area contributed by atoms with Crippen LogP contribution in [0.5, 0.6) is 0 Å². The quantitative estimate of drug-likeness (QED) is 0.797. The first-order chi connectivity index (χ1) is 8.19. The van der Waals surface area contributed by atoms with Crippen LogP contribution < -0.4 is 10.2 Å². The van der Waals surface area contributed by atoms with E-state index in [4.69, 9.17) is 0 Å². The highest BCUT2D eigenvalue weighted by atomic mass is 15.2. The van der Waals surface area contributed by atoms with Gasteiger partial charge < -0.3 is 10.2 Å². The number of hydrogen-bond acceptors (Lipinski definition) is 2. The number of nitrogens with one attached hydrogen (secondary N) is 1. The van der Waals surface area contributed by atoms with Crippen LogP contribution in [-0.2, 0) is 0 Å². The van der Waals surface area contributed by atoms with E-state index < -0.39 is 0 Å². The zero-order valence-electron chi connectivity index (χ0n) is 10.9. The van der Waals surface area contributed by atoms with Crippen molar-refractivity contribution < 1.29 is 0 Å². The topological polar surface area (TPSA) is 15.3 Å². The van der Waals surface area contributed by atoms with Gasteiger partial charge in [0.1, 0.15) is 0 Å². The van der Waals surface area contributed by atoms with Gasteiger partial charge in [-0.25, -0.2) is 0 Å². The molecule has 2 nitrogen and oxygen atoms in total. The second-order valence-electron chi connectivity index (χ2n) is 5.90. The maximum Gasteiger partial charge on any atom is 0.0369 e. The monoisotopic (exact) mass is 230 g/mol. The third-order valence-corrected chi connectivity index (χ3v) is 4.47. The first-order valence-electron chi connectivity index (χ1n) is 6.72. The minimum Gasteiger partial charge on any atom is -0.370 e. The second-order valence-corrected chi connectivity index (χ2v) is 5.90. The summed E-state index contributed by atoms with van der Waals surface area (Å²) in [5.74, 6) is 0. The molecule has 3 rings (SSSR count). The molecule has 92 valence electrons. The molecule has 1 spiro atoms. The summed E-state index contributed by atoms with van der Waals surface area (Å²) in [5.41, 5.74) is 4.79. The highest BCUT2D eigenvalue weighted by molar-refractivity contribution is 5.53. The van der Waals surface area contributed by atoms with Gasteiger partial charge in [0.25, 0.3) is 0 Å². The lowest BCUT2D eigenvalue weighted by Gasteiger charge is -2.53. The van der Waals surface area contributed by atoms with Crippen molar-refractivity contribution >= 4 is 5.69 Å². The summed E-state index contributed by atoms with van der Waals surface area (Å²) in [6, 6.07) is 6.85. The zero-order chi connectivity index (χ0) is 11.9.